The summed E-state index contributed by atoms with van der Waals surface area (Å²) >= 11 is 0. The van der Waals surface area contributed by atoms with E-state index < -0.39 is 0 Å². The lowest BCUT2D eigenvalue weighted by atomic mass is 9.78. The van der Waals surface area contributed by atoms with Gasteiger partial charge < -0.3 is 10.2 Å². The lowest BCUT2D eigenvalue weighted by molar-refractivity contribution is 0.142. The summed E-state index contributed by atoms with van der Waals surface area (Å²) in [6, 6.07) is 1.97. The maximum atomic E-state index is 4.85. The lowest BCUT2D eigenvalue weighted by Crippen LogP contribution is -2.49. The Labute approximate surface area is 141 Å². The van der Waals surface area contributed by atoms with Crippen LogP contribution in [0.3, 0.4) is 0 Å². The van der Waals surface area contributed by atoms with E-state index in [0.29, 0.717) is 5.41 Å². The fourth-order valence-corrected chi connectivity index (χ4v) is 3.58. The Bertz CT molecular complexity index is 464. The van der Waals surface area contributed by atoms with E-state index in [-0.39, 0.29) is 0 Å². The SMILES string of the molecule is CCCC1(C)CCCN(C(=NCCCn2cccn2)NCC)C1. The van der Waals surface area contributed by atoms with Crippen LogP contribution in [0.15, 0.2) is 23.5 Å². The van der Waals surface area contributed by atoms with Crippen LogP contribution in [-0.4, -0.2) is 46.8 Å². The number of guanidine groups is 1. The molecule has 2 rings (SSSR count). The van der Waals surface area contributed by atoms with Gasteiger partial charge in [-0.05, 0) is 44.1 Å². The van der Waals surface area contributed by atoms with Crippen LogP contribution in [0.25, 0.3) is 0 Å². The Kier molecular flexibility index (Phi) is 6.93. The van der Waals surface area contributed by atoms with Crippen molar-refractivity contribution >= 4 is 5.96 Å². The van der Waals surface area contributed by atoms with Crippen LogP contribution in [0.5, 0.6) is 0 Å². The van der Waals surface area contributed by atoms with Crippen molar-refractivity contribution in [3.63, 3.8) is 0 Å². The van der Waals surface area contributed by atoms with Gasteiger partial charge in [0.1, 0.15) is 0 Å². The van der Waals surface area contributed by atoms with Crippen LogP contribution in [0.4, 0.5) is 0 Å². The number of nitrogens with zero attached hydrogens (tertiary/aromatic N) is 4. The topological polar surface area (TPSA) is 45.5 Å². The maximum absolute atomic E-state index is 4.85. The van der Waals surface area contributed by atoms with Gasteiger partial charge in [0, 0.05) is 45.1 Å². The largest absolute Gasteiger partial charge is 0.357 e. The molecule has 5 nitrogen and oxygen atoms in total. The Morgan fingerprint density at radius 2 is 2.26 bits per heavy atom. The molecule has 0 spiro atoms. The summed E-state index contributed by atoms with van der Waals surface area (Å²) in [6.45, 7) is 11.8. The van der Waals surface area contributed by atoms with Gasteiger partial charge in [-0.2, -0.15) is 5.10 Å². The highest BCUT2D eigenvalue weighted by Crippen LogP contribution is 2.33. The number of aryl methyl sites for hydroxylation is 1. The second kappa shape index (κ2) is 8.94. The van der Waals surface area contributed by atoms with E-state index >= 15 is 0 Å². The molecule has 1 fully saturated rings. The molecule has 0 aromatic carbocycles. The maximum Gasteiger partial charge on any atom is 0.193 e. The van der Waals surface area contributed by atoms with Gasteiger partial charge in [-0.1, -0.05) is 20.3 Å². The number of likely N-dealkylation sites (tertiary alicyclic amines) is 1. The van der Waals surface area contributed by atoms with Crippen LogP contribution in [0.2, 0.25) is 0 Å². The minimum Gasteiger partial charge on any atom is -0.357 e. The van der Waals surface area contributed by atoms with Crippen molar-refractivity contribution in [3.05, 3.63) is 18.5 Å². The standard InChI is InChI=1S/C18H33N5/c1-4-9-18(3)10-6-13-22(16-18)17(19-5-2)20-11-7-14-23-15-8-12-21-23/h8,12,15H,4-7,9-11,13-14,16H2,1-3H3,(H,19,20). The number of hydrogen-bond acceptors (Lipinski definition) is 2. The highest BCUT2D eigenvalue weighted by atomic mass is 15.3. The molecule has 1 saturated heterocycles. The van der Waals surface area contributed by atoms with E-state index in [2.05, 4.69) is 36.1 Å². The molecule has 0 aliphatic carbocycles. The molecule has 1 aliphatic heterocycles. The van der Waals surface area contributed by atoms with Gasteiger partial charge >= 0.3 is 0 Å². The van der Waals surface area contributed by atoms with Crippen molar-refractivity contribution in [1.82, 2.24) is 20.0 Å². The van der Waals surface area contributed by atoms with Gasteiger partial charge in [0.05, 0.1) is 0 Å². The van der Waals surface area contributed by atoms with E-state index in [9.17, 15) is 0 Å². The number of piperidine rings is 1. The van der Waals surface area contributed by atoms with Crippen molar-refractivity contribution < 1.29 is 0 Å². The van der Waals surface area contributed by atoms with Gasteiger partial charge in [0.25, 0.3) is 0 Å². The Morgan fingerprint density at radius 1 is 1.39 bits per heavy atom. The molecule has 2 heterocycles. The number of rotatable bonds is 7. The summed E-state index contributed by atoms with van der Waals surface area (Å²) < 4.78 is 1.97. The summed E-state index contributed by atoms with van der Waals surface area (Å²) in [7, 11) is 0. The second-order valence-corrected chi connectivity index (χ2v) is 6.94. The molecule has 1 aromatic rings. The molecule has 0 amide bonds. The van der Waals surface area contributed by atoms with Crippen molar-refractivity contribution in [2.75, 3.05) is 26.2 Å². The molecule has 130 valence electrons. The van der Waals surface area contributed by atoms with E-state index in [1.165, 1.54) is 25.7 Å². The molecule has 0 radical (unpaired) electrons. The van der Waals surface area contributed by atoms with Gasteiger partial charge in [-0.25, -0.2) is 0 Å². The summed E-state index contributed by atoms with van der Waals surface area (Å²) in [5.74, 6) is 1.09. The minimum absolute atomic E-state index is 0.443. The van der Waals surface area contributed by atoms with Gasteiger partial charge in [-0.15, -0.1) is 0 Å². The van der Waals surface area contributed by atoms with Crippen LogP contribution in [-0.2, 0) is 6.54 Å². The van der Waals surface area contributed by atoms with Gasteiger partial charge in [0.2, 0.25) is 0 Å². The zero-order chi connectivity index (χ0) is 16.5. The van der Waals surface area contributed by atoms with Crippen molar-refractivity contribution in [2.24, 2.45) is 10.4 Å². The molecular formula is C18H33N5. The average molecular weight is 319 g/mol. The molecule has 1 atom stereocenters. The monoisotopic (exact) mass is 319 g/mol. The Hall–Kier alpha value is -1.52. The first kappa shape index (κ1) is 17.8. The number of aliphatic imine (C=N–C) groups is 1. The third kappa shape index (κ3) is 5.56. The molecular weight excluding hydrogens is 286 g/mol. The first-order valence-electron chi connectivity index (χ1n) is 9.17. The summed E-state index contributed by atoms with van der Waals surface area (Å²) in [5.41, 5.74) is 0.443. The summed E-state index contributed by atoms with van der Waals surface area (Å²) in [4.78, 5) is 7.32. The number of hydrogen-bond donors (Lipinski definition) is 1. The van der Waals surface area contributed by atoms with Crippen LogP contribution in [0.1, 0.15) is 52.9 Å². The van der Waals surface area contributed by atoms with E-state index in [0.717, 1.165) is 45.1 Å². The van der Waals surface area contributed by atoms with Crippen LogP contribution < -0.4 is 5.32 Å². The number of nitrogens with one attached hydrogen (secondary N) is 1. The molecule has 1 aromatic heterocycles. The predicted octanol–water partition coefficient (Wildman–Crippen LogP) is 3.14. The molecule has 5 heteroatoms. The molecule has 1 unspecified atom stereocenters. The first-order chi connectivity index (χ1) is 11.2. The van der Waals surface area contributed by atoms with Crippen LogP contribution in [0, 0.1) is 5.41 Å². The minimum atomic E-state index is 0.443. The molecule has 0 bridgehead atoms. The average Bonchev–Trinajstić information content (AvgIpc) is 3.03. The predicted molar refractivity (Wildman–Crippen MR) is 96.6 cm³/mol. The Morgan fingerprint density at radius 3 is 2.96 bits per heavy atom. The fourth-order valence-electron chi connectivity index (χ4n) is 3.58. The normalized spacial score (nSPS) is 22.4. The molecule has 0 saturated carbocycles. The summed E-state index contributed by atoms with van der Waals surface area (Å²) in [5, 5.41) is 7.72. The lowest BCUT2D eigenvalue weighted by Gasteiger charge is -2.42. The highest BCUT2D eigenvalue weighted by molar-refractivity contribution is 5.80. The third-order valence-corrected chi connectivity index (χ3v) is 4.64. The highest BCUT2D eigenvalue weighted by Gasteiger charge is 2.31. The van der Waals surface area contributed by atoms with E-state index in [1.807, 2.05) is 23.1 Å². The van der Waals surface area contributed by atoms with Gasteiger partial charge in [0.15, 0.2) is 5.96 Å². The molecule has 23 heavy (non-hydrogen) atoms. The van der Waals surface area contributed by atoms with Crippen molar-refractivity contribution in [1.29, 1.82) is 0 Å². The number of aromatic nitrogens is 2. The zero-order valence-electron chi connectivity index (χ0n) is 15.1. The van der Waals surface area contributed by atoms with Gasteiger partial charge in [-0.3, -0.25) is 9.67 Å². The first-order valence-corrected chi connectivity index (χ1v) is 9.17. The smallest absolute Gasteiger partial charge is 0.193 e. The Balaban J connectivity index is 1.89. The van der Waals surface area contributed by atoms with E-state index in [4.69, 9.17) is 4.99 Å². The van der Waals surface area contributed by atoms with E-state index in [1.54, 1.807) is 0 Å². The molecule has 1 N–H and O–H groups in total. The summed E-state index contributed by atoms with van der Waals surface area (Å²) in [6.07, 6.45) is 10.1. The molecule has 1 aliphatic rings. The zero-order valence-corrected chi connectivity index (χ0v) is 15.1. The van der Waals surface area contributed by atoms with Crippen LogP contribution >= 0.6 is 0 Å². The second-order valence-electron chi connectivity index (χ2n) is 6.94. The van der Waals surface area contributed by atoms with Crippen molar-refractivity contribution in [3.8, 4) is 0 Å². The van der Waals surface area contributed by atoms with Crippen molar-refractivity contribution in [2.45, 2.75) is 59.4 Å². The third-order valence-electron chi connectivity index (χ3n) is 4.64. The fraction of sp³-hybridized carbons (Fsp3) is 0.778. The quantitative estimate of drug-likeness (QED) is 0.477.